The lowest BCUT2D eigenvalue weighted by atomic mass is 10.1. The lowest BCUT2D eigenvalue weighted by Crippen LogP contribution is -2.21. The van der Waals surface area contributed by atoms with Crippen molar-refractivity contribution in [1.82, 2.24) is 20.0 Å². The summed E-state index contributed by atoms with van der Waals surface area (Å²) in [7, 11) is 1.59. The fourth-order valence-electron chi connectivity index (χ4n) is 4.19. The summed E-state index contributed by atoms with van der Waals surface area (Å²) in [6.45, 7) is 1.44. The number of amides is 1. The van der Waals surface area contributed by atoms with Crippen LogP contribution in [-0.2, 0) is 9.53 Å². The Balaban J connectivity index is 1.44. The van der Waals surface area contributed by atoms with E-state index in [4.69, 9.17) is 15.2 Å². The molecule has 2 aromatic heterocycles. The van der Waals surface area contributed by atoms with Crippen LogP contribution < -0.4 is 21.1 Å². The van der Waals surface area contributed by atoms with Gasteiger partial charge in [0.2, 0.25) is 5.91 Å². The van der Waals surface area contributed by atoms with E-state index in [-0.39, 0.29) is 29.4 Å². The van der Waals surface area contributed by atoms with Gasteiger partial charge in [0.05, 0.1) is 37.3 Å². The van der Waals surface area contributed by atoms with Gasteiger partial charge in [-0.2, -0.15) is 5.10 Å². The average molecular weight is 480 g/mol. The van der Waals surface area contributed by atoms with Gasteiger partial charge in [-0.1, -0.05) is 12.1 Å². The second kappa shape index (κ2) is 9.98. The molecule has 0 spiro atoms. The van der Waals surface area contributed by atoms with Crippen LogP contribution in [0.4, 0.5) is 17.2 Å². The molecule has 11 heteroatoms. The molecule has 1 aromatic carbocycles. The molecule has 11 nitrogen and oxygen atoms in total. The van der Waals surface area contributed by atoms with Crippen molar-refractivity contribution in [3.63, 3.8) is 0 Å². The second-order valence-corrected chi connectivity index (χ2v) is 8.83. The quantitative estimate of drug-likeness (QED) is 0.358. The van der Waals surface area contributed by atoms with Gasteiger partial charge in [-0.25, -0.2) is 0 Å². The summed E-state index contributed by atoms with van der Waals surface area (Å²) >= 11 is 0. The number of rotatable bonds is 8. The van der Waals surface area contributed by atoms with E-state index >= 15 is 0 Å². The predicted octanol–water partition coefficient (Wildman–Crippen LogP) is 2.74. The average Bonchev–Trinajstić information content (AvgIpc) is 3.61. The Morgan fingerprint density at radius 1 is 1.29 bits per heavy atom. The van der Waals surface area contributed by atoms with E-state index in [9.17, 15) is 9.90 Å². The van der Waals surface area contributed by atoms with Gasteiger partial charge in [0, 0.05) is 35.9 Å². The number of nitrogens with zero attached hydrogens (tertiary/aromatic N) is 4. The van der Waals surface area contributed by atoms with E-state index in [1.165, 1.54) is 0 Å². The standard InChI is InChI=1S/C24H29N7O4/c1-34-22-17(15-11-26-31(12-15)16-4-3-9-35-13-16)5-2-6-18(22)27-19-10-20(28-24(33)14-7-8-14)29-30-21(19)23(25)32/h2,5-6,10-12,14,16,23,32H,3-4,7-9,13,25H2,1H3,(H2,27,28,29,33). The van der Waals surface area contributed by atoms with Crippen LogP contribution in [0.15, 0.2) is 36.7 Å². The van der Waals surface area contributed by atoms with Crippen molar-refractivity contribution in [2.75, 3.05) is 31.0 Å². The van der Waals surface area contributed by atoms with Crippen LogP contribution in [0.3, 0.4) is 0 Å². The number of aliphatic hydroxyl groups is 1. The molecule has 184 valence electrons. The van der Waals surface area contributed by atoms with Crippen LogP contribution >= 0.6 is 0 Å². The summed E-state index contributed by atoms with van der Waals surface area (Å²) < 4.78 is 13.3. The summed E-state index contributed by atoms with van der Waals surface area (Å²) in [5, 5.41) is 28.6. The molecule has 0 bridgehead atoms. The molecule has 3 aromatic rings. The molecule has 2 fully saturated rings. The number of nitrogens with one attached hydrogen (secondary N) is 2. The van der Waals surface area contributed by atoms with E-state index in [0.717, 1.165) is 43.4 Å². The van der Waals surface area contributed by atoms with Crippen LogP contribution in [0.5, 0.6) is 5.75 Å². The summed E-state index contributed by atoms with van der Waals surface area (Å²) in [6, 6.07) is 7.51. The maximum atomic E-state index is 12.2. The van der Waals surface area contributed by atoms with Gasteiger partial charge >= 0.3 is 0 Å². The van der Waals surface area contributed by atoms with Crippen LogP contribution in [-0.4, -0.2) is 51.3 Å². The summed E-state index contributed by atoms with van der Waals surface area (Å²) in [5.74, 6) is 0.793. The third-order valence-electron chi connectivity index (χ3n) is 6.21. The molecule has 1 saturated heterocycles. The van der Waals surface area contributed by atoms with E-state index in [1.807, 2.05) is 35.3 Å². The lowest BCUT2D eigenvalue weighted by molar-refractivity contribution is -0.117. The largest absolute Gasteiger partial charge is 0.494 e. The Hall–Kier alpha value is -3.54. The Morgan fingerprint density at radius 2 is 2.14 bits per heavy atom. The normalized spacial score (nSPS) is 18.7. The molecule has 2 atom stereocenters. The molecular weight excluding hydrogens is 450 g/mol. The van der Waals surface area contributed by atoms with Gasteiger partial charge in [0.15, 0.2) is 5.82 Å². The first-order valence-corrected chi connectivity index (χ1v) is 11.7. The summed E-state index contributed by atoms with van der Waals surface area (Å²) in [6.07, 6.45) is 6.24. The number of carbonyl (C=O) groups is 1. The zero-order valence-corrected chi connectivity index (χ0v) is 19.5. The maximum Gasteiger partial charge on any atom is 0.228 e. The highest BCUT2D eigenvalue weighted by Crippen LogP contribution is 2.39. The Bertz CT molecular complexity index is 1200. The molecule has 3 heterocycles. The van der Waals surface area contributed by atoms with Crippen molar-refractivity contribution in [2.24, 2.45) is 11.7 Å². The van der Waals surface area contributed by atoms with Crippen molar-refractivity contribution >= 4 is 23.1 Å². The first-order valence-electron chi connectivity index (χ1n) is 11.7. The van der Waals surface area contributed by atoms with E-state index < -0.39 is 6.23 Å². The number of methoxy groups -OCH3 is 1. The third kappa shape index (κ3) is 5.11. The molecule has 0 radical (unpaired) electrons. The molecule has 1 aliphatic carbocycles. The van der Waals surface area contributed by atoms with E-state index in [1.54, 1.807) is 13.2 Å². The zero-order chi connectivity index (χ0) is 24.4. The summed E-state index contributed by atoms with van der Waals surface area (Å²) in [5.41, 5.74) is 8.65. The first kappa shape index (κ1) is 23.2. The van der Waals surface area contributed by atoms with Crippen LogP contribution in [0.1, 0.15) is 43.6 Å². The number of carbonyl (C=O) groups excluding carboxylic acids is 1. The number of nitrogens with two attached hydrogens (primary N) is 1. The predicted molar refractivity (Wildman–Crippen MR) is 129 cm³/mol. The molecule has 5 N–H and O–H groups in total. The van der Waals surface area contributed by atoms with Crippen molar-refractivity contribution in [1.29, 1.82) is 0 Å². The van der Waals surface area contributed by atoms with Crippen LogP contribution in [0.25, 0.3) is 11.1 Å². The van der Waals surface area contributed by atoms with Gasteiger partial charge < -0.3 is 30.9 Å². The highest BCUT2D eigenvalue weighted by molar-refractivity contribution is 5.93. The van der Waals surface area contributed by atoms with Gasteiger partial charge in [-0.3, -0.25) is 9.48 Å². The number of aliphatic hydroxyl groups excluding tert-OH is 1. The Kier molecular flexibility index (Phi) is 6.62. The maximum absolute atomic E-state index is 12.2. The topological polar surface area (TPSA) is 149 Å². The van der Waals surface area contributed by atoms with Crippen LogP contribution in [0, 0.1) is 5.92 Å². The van der Waals surface area contributed by atoms with Crippen LogP contribution in [0.2, 0.25) is 0 Å². The minimum Gasteiger partial charge on any atom is -0.494 e. The van der Waals surface area contributed by atoms with Gasteiger partial charge in [-0.15, -0.1) is 10.2 Å². The number of aromatic nitrogens is 4. The number of anilines is 3. The SMILES string of the molecule is COc1c(Nc2cc(NC(=O)C3CC3)nnc2C(N)O)cccc1-c1cnn(C2CCCOC2)c1. The molecule has 2 aliphatic rings. The highest BCUT2D eigenvalue weighted by Gasteiger charge is 2.30. The Labute approximate surface area is 202 Å². The van der Waals surface area contributed by atoms with Crippen molar-refractivity contribution in [3.8, 4) is 16.9 Å². The first-order chi connectivity index (χ1) is 17.0. The second-order valence-electron chi connectivity index (χ2n) is 8.83. The number of ether oxygens (including phenoxy) is 2. The van der Waals surface area contributed by atoms with E-state index in [2.05, 4.69) is 25.9 Å². The zero-order valence-electron chi connectivity index (χ0n) is 19.5. The molecule has 5 rings (SSSR count). The molecule has 2 unspecified atom stereocenters. The minimum atomic E-state index is -1.36. The van der Waals surface area contributed by atoms with Crippen molar-refractivity contribution in [2.45, 2.75) is 38.0 Å². The monoisotopic (exact) mass is 479 g/mol. The number of para-hydroxylation sites is 1. The molecule has 35 heavy (non-hydrogen) atoms. The van der Waals surface area contributed by atoms with Gasteiger partial charge in [0.1, 0.15) is 17.7 Å². The molecule has 1 saturated carbocycles. The lowest BCUT2D eigenvalue weighted by Gasteiger charge is -2.22. The number of hydrogen-bond donors (Lipinski definition) is 4. The fourth-order valence-corrected chi connectivity index (χ4v) is 4.19. The highest BCUT2D eigenvalue weighted by atomic mass is 16.5. The van der Waals surface area contributed by atoms with Gasteiger partial charge in [0.25, 0.3) is 0 Å². The van der Waals surface area contributed by atoms with Crippen molar-refractivity contribution < 1.29 is 19.4 Å². The molecule has 1 amide bonds. The van der Waals surface area contributed by atoms with E-state index in [0.29, 0.717) is 23.7 Å². The van der Waals surface area contributed by atoms with Gasteiger partial charge in [-0.05, 0) is 31.7 Å². The number of benzene rings is 1. The molecular formula is C24H29N7O4. The smallest absolute Gasteiger partial charge is 0.228 e. The number of hydrogen-bond acceptors (Lipinski definition) is 9. The van der Waals surface area contributed by atoms with Crippen molar-refractivity contribution in [3.05, 3.63) is 42.4 Å². The Morgan fingerprint density at radius 3 is 2.86 bits per heavy atom. The molecule has 1 aliphatic heterocycles. The summed E-state index contributed by atoms with van der Waals surface area (Å²) in [4.78, 5) is 12.2. The third-order valence-corrected chi connectivity index (χ3v) is 6.21. The fraction of sp³-hybridized carbons (Fsp3) is 0.417. The minimum absolute atomic E-state index is 0.0193.